The SMILES string of the molecule is CCn1c(CC23CC4CC(CC(C4)C2)C3)nnc1SCc1cccc(Br)c1. The van der Waals surface area contributed by atoms with Gasteiger partial charge in [-0.25, -0.2) is 0 Å². The third-order valence-electron chi connectivity index (χ3n) is 7.06. The molecule has 27 heavy (non-hydrogen) atoms. The third kappa shape index (κ3) is 3.62. The summed E-state index contributed by atoms with van der Waals surface area (Å²) in [5.41, 5.74) is 1.85. The smallest absolute Gasteiger partial charge is 0.191 e. The first-order valence-corrected chi connectivity index (χ1v) is 12.2. The quantitative estimate of drug-likeness (QED) is 0.502. The van der Waals surface area contributed by atoms with Gasteiger partial charge in [0.05, 0.1) is 0 Å². The summed E-state index contributed by atoms with van der Waals surface area (Å²) < 4.78 is 3.52. The number of benzene rings is 1. The maximum absolute atomic E-state index is 4.68. The van der Waals surface area contributed by atoms with E-state index in [4.69, 9.17) is 0 Å². The molecule has 1 aromatic heterocycles. The molecule has 4 aliphatic rings. The molecule has 0 amide bonds. The van der Waals surface area contributed by atoms with Crippen molar-refractivity contribution in [3.8, 4) is 0 Å². The van der Waals surface area contributed by atoms with Crippen LogP contribution in [0, 0.1) is 23.2 Å². The van der Waals surface area contributed by atoms with Gasteiger partial charge in [0.25, 0.3) is 0 Å². The molecule has 0 saturated heterocycles. The lowest BCUT2D eigenvalue weighted by atomic mass is 9.49. The van der Waals surface area contributed by atoms with Gasteiger partial charge in [-0.15, -0.1) is 10.2 Å². The fourth-order valence-electron chi connectivity index (χ4n) is 6.49. The van der Waals surface area contributed by atoms with E-state index < -0.39 is 0 Å². The first kappa shape index (κ1) is 18.2. The first-order valence-electron chi connectivity index (χ1n) is 10.4. The molecule has 0 unspecified atom stereocenters. The summed E-state index contributed by atoms with van der Waals surface area (Å²) in [5.74, 6) is 5.17. The molecule has 4 saturated carbocycles. The van der Waals surface area contributed by atoms with Gasteiger partial charge in [-0.3, -0.25) is 0 Å². The Morgan fingerprint density at radius 3 is 2.44 bits per heavy atom. The van der Waals surface area contributed by atoms with Crippen LogP contribution in [0.5, 0.6) is 0 Å². The van der Waals surface area contributed by atoms with Crippen molar-refractivity contribution in [3.63, 3.8) is 0 Å². The second-order valence-electron chi connectivity index (χ2n) is 9.16. The zero-order valence-corrected chi connectivity index (χ0v) is 18.4. The Hall–Kier alpha value is -0.810. The molecule has 0 N–H and O–H groups in total. The van der Waals surface area contributed by atoms with Crippen LogP contribution in [0.25, 0.3) is 0 Å². The molecule has 0 atom stereocenters. The molecule has 144 valence electrons. The van der Waals surface area contributed by atoms with Crippen LogP contribution in [0.3, 0.4) is 0 Å². The van der Waals surface area contributed by atoms with E-state index in [0.717, 1.165) is 46.1 Å². The maximum atomic E-state index is 4.68. The Labute approximate surface area is 174 Å². The van der Waals surface area contributed by atoms with Crippen LogP contribution in [-0.4, -0.2) is 14.8 Å². The lowest BCUT2D eigenvalue weighted by Crippen LogP contribution is -2.47. The molecule has 1 heterocycles. The highest BCUT2D eigenvalue weighted by molar-refractivity contribution is 9.10. The molecular weight excluding hydrogens is 418 g/mol. The predicted molar refractivity (Wildman–Crippen MR) is 114 cm³/mol. The zero-order valence-electron chi connectivity index (χ0n) is 16.0. The summed E-state index contributed by atoms with van der Waals surface area (Å²) in [6.07, 6.45) is 9.99. The van der Waals surface area contributed by atoms with Crippen molar-refractivity contribution in [2.75, 3.05) is 0 Å². The number of aromatic nitrogens is 3. The van der Waals surface area contributed by atoms with Crippen molar-refractivity contribution < 1.29 is 0 Å². The number of hydrogen-bond donors (Lipinski definition) is 0. The van der Waals surface area contributed by atoms with E-state index in [2.05, 4.69) is 61.9 Å². The van der Waals surface area contributed by atoms with Gasteiger partial charge in [0.15, 0.2) is 5.16 Å². The second kappa shape index (κ2) is 7.22. The van der Waals surface area contributed by atoms with Crippen LogP contribution < -0.4 is 0 Å². The summed E-state index contributed by atoms with van der Waals surface area (Å²) in [6.45, 7) is 3.20. The van der Waals surface area contributed by atoms with Gasteiger partial charge in [-0.1, -0.05) is 39.8 Å². The van der Waals surface area contributed by atoms with Gasteiger partial charge in [0.1, 0.15) is 5.82 Å². The number of nitrogens with zero attached hydrogens (tertiary/aromatic N) is 3. The van der Waals surface area contributed by atoms with Gasteiger partial charge in [-0.2, -0.15) is 0 Å². The molecule has 4 aliphatic carbocycles. The van der Waals surface area contributed by atoms with Gasteiger partial charge < -0.3 is 4.57 Å². The average molecular weight is 446 g/mol. The molecule has 1 aromatic carbocycles. The molecule has 0 aliphatic heterocycles. The second-order valence-corrected chi connectivity index (χ2v) is 11.0. The topological polar surface area (TPSA) is 30.7 Å². The molecule has 2 aromatic rings. The molecule has 4 bridgehead atoms. The van der Waals surface area contributed by atoms with Crippen molar-refractivity contribution in [2.45, 2.75) is 69.3 Å². The zero-order chi connectivity index (χ0) is 18.4. The van der Waals surface area contributed by atoms with Crippen molar-refractivity contribution in [1.29, 1.82) is 0 Å². The van der Waals surface area contributed by atoms with Crippen LogP contribution in [0.4, 0.5) is 0 Å². The third-order valence-corrected chi connectivity index (χ3v) is 8.60. The molecule has 3 nitrogen and oxygen atoms in total. The Kier molecular flexibility index (Phi) is 4.87. The van der Waals surface area contributed by atoms with Gasteiger partial charge in [0.2, 0.25) is 0 Å². The fourth-order valence-corrected chi connectivity index (χ4v) is 7.90. The molecule has 6 rings (SSSR count). The highest BCUT2D eigenvalue weighted by Gasteiger charge is 2.51. The molecular formula is C22H28BrN3S. The number of rotatable bonds is 6. The van der Waals surface area contributed by atoms with Gasteiger partial charge in [0, 0.05) is 23.2 Å². The predicted octanol–water partition coefficient (Wildman–Crippen LogP) is 6.11. The van der Waals surface area contributed by atoms with Crippen molar-refractivity contribution in [2.24, 2.45) is 23.2 Å². The van der Waals surface area contributed by atoms with Crippen molar-refractivity contribution >= 4 is 27.7 Å². The Bertz CT molecular complexity index is 795. The first-order chi connectivity index (χ1) is 13.1. The van der Waals surface area contributed by atoms with E-state index in [1.54, 1.807) is 0 Å². The summed E-state index contributed by atoms with van der Waals surface area (Å²) >= 11 is 5.38. The molecule has 0 spiro atoms. The standard InChI is InChI=1S/C22H28BrN3S/c1-2-26-20(13-22-10-16-6-17(11-22)8-18(7-16)12-22)24-25-21(26)27-14-15-4-3-5-19(23)9-15/h3-5,9,16-18H,2,6-8,10-14H2,1H3. The highest BCUT2D eigenvalue weighted by Crippen LogP contribution is 2.61. The average Bonchev–Trinajstić information content (AvgIpc) is 2.99. The maximum Gasteiger partial charge on any atom is 0.191 e. The molecule has 4 fully saturated rings. The van der Waals surface area contributed by atoms with E-state index in [-0.39, 0.29) is 0 Å². The minimum absolute atomic E-state index is 0.529. The van der Waals surface area contributed by atoms with E-state index in [1.165, 1.54) is 49.9 Å². The van der Waals surface area contributed by atoms with Gasteiger partial charge >= 0.3 is 0 Å². The number of hydrogen-bond acceptors (Lipinski definition) is 3. The molecule has 5 heteroatoms. The van der Waals surface area contributed by atoms with E-state index in [9.17, 15) is 0 Å². The lowest BCUT2D eigenvalue weighted by Gasteiger charge is -2.56. The van der Waals surface area contributed by atoms with E-state index in [1.807, 2.05) is 11.8 Å². The molecule has 0 radical (unpaired) electrons. The Balaban J connectivity index is 1.32. The van der Waals surface area contributed by atoms with Crippen molar-refractivity contribution in [3.05, 3.63) is 40.1 Å². The highest BCUT2D eigenvalue weighted by atomic mass is 79.9. The van der Waals surface area contributed by atoms with Crippen molar-refractivity contribution in [1.82, 2.24) is 14.8 Å². The number of thioether (sulfide) groups is 1. The van der Waals surface area contributed by atoms with Gasteiger partial charge in [-0.05, 0) is 86.3 Å². The minimum atomic E-state index is 0.529. The monoisotopic (exact) mass is 445 g/mol. The summed E-state index contributed by atoms with van der Waals surface area (Å²) in [6, 6.07) is 8.55. The van der Waals surface area contributed by atoms with Crippen LogP contribution in [0.15, 0.2) is 33.9 Å². The lowest BCUT2D eigenvalue weighted by molar-refractivity contribution is -0.0536. The minimum Gasteiger partial charge on any atom is -0.306 e. The summed E-state index contributed by atoms with van der Waals surface area (Å²) in [5, 5.41) is 10.3. The van der Waals surface area contributed by atoms with E-state index in [0.29, 0.717) is 5.41 Å². The normalized spacial score (nSPS) is 31.6. The summed E-state index contributed by atoms with van der Waals surface area (Å²) in [4.78, 5) is 0. The summed E-state index contributed by atoms with van der Waals surface area (Å²) in [7, 11) is 0. The number of halogens is 1. The Morgan fingerprint density at radius 2 is 1.81 bits per heavy atom. The van der Waals surface area contributed by atoms with Crippen LogP contribution in [0.1, 0.15) is 56.8 Å². The largest absolute Gasteiger partial charge is 0.306 e. The van der Waals surface area contributed by atoms with Crippen LogP contribution in [-0.2, 0) is 18.7 Å². The van der Waals surface area contributed by atoms with Crippen LogP contribution in [0.2, 0.25) is 0 Å². The van der Waals surface area contributed by atoms with Crippen LogP contribution >= 0.6 is 27.7 Å². The van der Waals surface area contributed by atoms with E-state index >= 15 is 0 Å². The Morgan fingerprint density at radius 1 is 1.11 bits per heavy atom. The fraction of sp³-hybridized carbons (Fsp3) is 0.636.